The van der Waals surface area contributed by atoms with Gasteiger partial charge < -0.3 is 24.8 Å². The van der Waals surface area contributed by atoms with Crippen LogP contribution in [0.1, 0.15) is 26.7 Å². The minimum Gasteiger partial charge on any atom is -0.442 e. The Morgan fingerprint density at radius 3 is 2.26 bits per heavy atom. The Hall–Kier alpha value is -3.88. The summed E-state index contributed by atoms with van der Waals surface area (Å²) in [5, 5.41) is 10.5. The zero-order chi connectivity index (χ0) is 28.1. The largest absolute Gasteiger partial charge is 0.442 e. The molecule has 4 rings (SSSR count). The van der Waals surface area contributed by atoms with Crippen LogP contribution in [-0.4, -0.2) is 98.2 Å². The second-order valence-electron chi connectivity index (χ2n) is 9.82. The fourth-order valence-electron chi connectivity index (χ4n) is 4.95. The lowest BCUT2D eigenvalue weighted by Crippen LogP contribution is -2.86. The van der Waals surface area contributed by atoms with Gasteiger partial charge in [-0.05, 0) is 5.10 Å². The Balaban J connectivity index is 1.32. The van der Waals surface area contributed by atoms with Crippen LogP contribution >= 0.6 is 0 Å². The summed E-state index contributed by atoms with van der Waals surface area (Å²) < 4.78 is 35.4. The molecular weight excluding hydrogens is 516 g/mol. The lowest BCUT2D eigenvalue weighted by atomic mass is 10.0. The van der Waals surface area contributed by atoms with E-state index in [2.05, 4.69) is 15.5 Å². The molecule has 0 saturated carbocycles. The van der Waals surface area contributed by atoms with Gasteiger partial charge in [0.25, 0.3) is 5.96 Å². The minimum absolute atomic E-state index is 0.0164. The van der Waals surface area contributed by atoms with Crippen LogP contribution in [0, 0.1) is 17.2 Å². The van der Waals surface area contributed by atoms with Crippen LogP contribution in [0.4, 0.5) is 25.0 Å². The van der Waals surface area contributed by atoms with E-state index in [-0.39, 0.29) is 48.3 Å². The van der Waals surface area contributed by atoms with Crippen LogP contribution in [0.25, 0.3) is 0 Å². The fraction of sp³-hybridized carbons (Fsp3) is 0.583. The molecule has 0 aromatic heterocycles. The van der Waals surface area contributed by atoms with Gasteiger partial charge in [0.15, 0.2) is 11.6 Å². The van der Waals surface area contributed by atoms with Crippen LogP contribution in [-0.2, 0) is 14.3 Å². The third-order valence-corrected chi connectivity index (χ3v) is 7.13. The first-order chi connectivity index (χ1) is 18.7. The van der Waals surface area contributed by atoms with E-state index in [9.17, 15) is 14.4 Å². The molecular formula is C24H34F2N9O4+. The van der Waals surface area contributed by atoms with Crippen molar-refractivity contribution in [2.75, 3.05) is 62.2 Å². The van der Waals surface area contributed by atoms with Crippen molar-refractivity contribution in [3.05, 3.63) is 23.8 Å². The molecule has 3 amide bonds. The van der Waals surface area contributed by atoms with E-state index < -0.39 is 23.8 Å². The van der Waals surface area contributed by atoms with Crippen molar-refractivity contribution >= 4 is 35.2 Å². The van der Waals surface area contributed by atoms with Crippen molar-refractivity contribution in [1.29, 1.82) is 5.53 Å². The normalized spacial score (nSPS) is 20.8. The maximum absolute atomic E-state index is 15.1. The van der Waals surface area contributed by atoms with Gasteiger partial charge in [0.05, 0.1) is 18.8 Å². The zero-order valence-corrected chi connectivity index (χ0v) is 22.0. The third-order valence-electron chi connectivity index (χ3n) is 7.13. The molecule has 0 bridgehead atoms. The number of nitrogens with one attached hydrogen (secondary N) is 2. The van der Waals surface area contributed by atoms with E-state index in [0.717, 1.165) is 17.0 Å². The molecule has 3 aliphatic rings. The summed E-state index contributed by atoms with van der Waals surface area (Å²) in [7, 11) is 0. The lowest BCUT2D eigenvalue weighted by Gasteiger charge is -2.34. The summed E-state index contributed by atoms with van der Waals surface area (Å²) in [6.45, 7) is 6.06. The molecule has 3 heterocycles. The van der Waals surface area contributed by atoms with Gasteiger partial charge in [-0.15, -0.1) is 5.11 Å². The molecule has 3 saturated heterocycles. The van der Waals surface area contributed by atoms with E-state index in [4.69, 9.17) is 10.3 Å². The minimum atomic E-state index is -0.774. The Morgan fingerprint density at radius 1 is 1.08 bits per heavy atom. The van der Waals surface area contributed by atoms with E-state index in [0.29, 0.717) is 52.1 Å². The Bertz CT molecular complexity index is 1110. The van der Waals surface area contributed by atoms with E-state index >= 15 is 8.78 Å². The number of cyclic esters (lactones) is 1. The number of nitrogens with two attached hydrogens (primary N) is 1. The Kier molecular flexibility index (Phi) is 8.89. The molecule has 0 radical (unpaired) electrons. The molecule has 1 aromatic rings. The Morgan fingerprint density at radius 2 is 1.69 bits per heavy atom. The van der Waals surface area contributed by atoms with Gasteiger partial charge in [-0.25, -0.2) is 24.5 Å². The molecule has 1 aromatic carbocycles. The highest BCUT2D eigenvalue weighted by Crippen LogP contribution is 2.32. The molecule has 3 aliphatic heterocycles. The number of hydrogen-bond acceptors (Lipinski definition) is 7. The van der Waals surface area contributed by atoms with Gasteiger partial charge in [-0.3, -0.25) is 14.5 Å². The highest BCUT2D eigenvalue weighted by molar-refractivity contribution is 5.90. The van der Waals surface area contributed by atoms with Crippen LogP contribution in [0.15, 0.2) is 22.3 Å². The van der Waals surface area contributed by atoms with E-state index in [1.165, 1.54) is 13.8 Å². The second-order valence-corrected chi connectivity index (χ2v) is 9.82. The second kappa shape index (κ2) is 12.3. The number of ether oxygens (including phenoxy) is 1. The lowest BCUT2D eigenvalue weighted by molar-refractivity contribution is -0.697. The quantitative estimate of drug-likeness (QED) is 0.154. The summed E-state index contributed by atoms with van der Waals surface area (Å²) in [4.78, 5) is 41.2. The molecule has 0 spiro atoms. The van der Waals surface area contributed by atoms with E-state index in [1.54, 1.807) is 15.2 Å². The first kappa shape index (κ1) is 28.1. The number of hydrogen-bond donors (Lipinski definition) is 3. The standard InChI is InChI=1S/C24H33F2N9O4/c1-15(36)28-13-19-14-35(24(38)39-19)18-11-20(25)22(21(26)12-18)33-5-3-17(4-6-33)30-31-23(29-27)34-9-7-32(8-10-34)16(2)37/h11-12,17,19,27,30H,3-10,13-14H2,1-2H3,(H,28,36)/p+1/b29-27?,31-23+/t19-/m0/s1. The van der Waals surface area contributed by atoms with Gasteiger partial charge in [0, 0.05) is 78.1 Å². The number of nitrogens with zero attached hydrogens (tertiary/aromatic N) is 6. The zero-order valence-electron chi connectivity index (χ0n) is 22.0. The smallest absolute Gasteiger partial charge is 0.414 e. The summed E-state index contributed by atoms with van der Waals surface area (Å²) in [6.07, 6.45) is -0.125. The molecule has 4 N–H and O–H groups in total. The number of quaternary nitrogens is 1. The van der Waals surface area contributed by atoms with Gasteiger partial charge in [-0.2, -0.15) is 0 Å². The van der Waals surface area contributed by atoms with Gasteiger partial charge >= 0.3 is 6.09 Å². The van der Waals surface area contributed by atoms with Crippen LogP contribution in [0.2, 0.25) is 0 Å². The number of carbonyl (C=O) groups is 3. The Labute approximate surface area is 224 Å². The molecule has 3 fully saturated rings. The molecule has 13 nitrogen and oxygen atoms in total. The van der Waals surface area contributed by atoms with Crippen molar-refractivity contribution in [2.24, 2.45) is 10.2 Å². The summed E-state index contributed by atoms with van der Waals surface area (Å²) in [5.41, 5.74) is 9.14. The number of anilines is 2. The number of piperazine rings is 1. The molecule has 1 atom stereocenters. The van der Waals surface area contributed by atoms with Gasteiger partial charge in [-0.1, -0.05) is 0 Å². The summed E-state index contributed by atoms with van der Waals surface area (Å²) >= 11 is 0. The molecule has 0 aliphatic carbocycles. The van der Waals surface area contributed by atoms with Crippen LogP contribution in [0.5, 0.6) is 0 Å². The number of rotatable bonds is 6. The van der Waals surface area contributed by atoms with Crippen molar-refractivity contribution in [3.63, 3.8) is 0 Å². The third kappa shape index (κ3) is 6.77. The SMILES string of the molecule is CC(=O)NC[C@H]1CN(c2cc(F)c(N3CCC([NH2+]/N=C(\N=N)N4CCN(C(C)=O)CC4)CC3)c(F)c2)C(=O)O1. The van der Waals surface area contributed by atoms with Gasteiger partial charge in [0.2, 0.25) is 11.8 Å². The summed E-state index contributed by atoms with van der Waals surface area (Å²) in [5.74, 6) is -1.52. The van der Waals surface area contributed by atoms with Crippen molar-refractivity contribution in [2.45, 2.75) is 38.8 Å². The van der Waals surface area contributed by atoms with Crippen molar-refractivity contribution < 1.29 is 33.3 Å². The summed E-state index contributed by atoms with van der Waals surface area (Å²) in [6, 6.07) is 2.30. The highest BCUT2D eigenvalue weighted by atomic mass is 19.1. The van der Waals surface area contributed by atoms with Crippen molar-refractivity contribution in [3.8, 4) is 0 Å². The maximum Gasteiger partial charge on any atom is 0.414 e. The maximum atomic E-state index is 15.1. The number of benzene rings is 1. The predicted molar refractivity (Wildman–Crippen MR) is 136 cm³/mol. The molecule has 0 unspecified atom stereocenters. The van der Waals surface area contributed by atoms with Crippen molar-refractivity contribution in [1.82, 2.24) is 15.1 Å². The molecule has 212 valence electrons. The fourth-order valence-corrected chi connectivity index (χ4v) is 4.95. The van der Waals surface area contributed by atoms with E-state index in [1.807, 2.05) is 4.90 Å². The topological polar surface area (TPSA) is 151 Å². The monoisotopic (exact) mass is 550 g/mol. The number of halogens is 2. The molecule has 39 heavy (non-hydrogen) atoms. The number of guanidine groups is 1. The van der Waals surface area contributed by atoms with Gasteiger partial charge in [0.1, 0.15) is 17.8 Å². The first-order valence-corrected chi connectivity index (χ1v) is 12.9. The number of piperidine rings is 1. The first-order valence-electron chi connectivity index (χ1n) is 12.9. The molecule has 15 heteroatoms. The highest BCUT2D eigenvalue weighted by Gasteiger charge is 2.34. The average Bonchev–Trinajstić information content (AvgIpc) is 3.29. The average molecular weight is 551 g/mol. The number of amides is 3. The van der Waals surface area contributed by atoms with Crippen LogP contribution in [0.3, 0.4) is 0 Å². The number of carbonyl (C=O) groups excluding carboxylic acids is 3. The predicted octanol–water partition coefficient (Wildman–Crippen LogP) is 0.424. The van der Waals surface area contributed by atoms with Crippen LogP contribution < -0.4 is 20.5 Å².